The third-order valence-electron chi connectivity index (χ3n) is 4.12. The van der Waals surface area contributed by atoms with Crippen LogP contribution >= 0.6 is 11.6 Å². The number of nitrogens with one attached hydrogen (secondary N) is 1. The second-order valence-electron chi connectivity index (χ2n) is 6.56. The van der Waals surface area contributed by atoms with Crippen molar-refractivity contribution in [3.05, 3.63) is 58.6 Å². The molecule has 10 heteroatoms. The number of rotatable bonds is 9. The molecule has 0 aromatic heterocycles. The fourth-order valence-electron chi connectivity index (χ4n) is 2.52. The van der Waals surface area contributed by atoms with Crippen molar-refractivity contribution in [2.45, 2.75) is 31.3 Å². The van der Waals surface area contributed by atoms with Gasteiger partial charge in [0.15, 0.2) is 12.7 Å². The zero-order valence-electron chi connectivity index (χ0n) is 16.6. The van der Waals surface area contributed by atoms with E-state index in [-0.39, 0.29) is 18.0 Å². The molecule has 1 atom stereocenters. The number of amides is 1. The zero-order chi connectivity index (χ0) is 22.3. The lowest BCUT2D eigenvalue weighted by Gasteiger charge is -2.14. The van der Waals surface area contributed by atoms with Crippen molar-refractivity contribution < 1.29 is 27.5 Å². The van der Waals surface area contributed by atoms with Gasteiger partial charge in [0.25, 0.3) is 5.91 Å². The van der Waals surface area contributed by atoms with Crippen LogP contribution < -0.4 is 15.2 Å². The van der Waals surface area contributed by atoms with Crippen LogP contribution in [0, 0.1) is 6.92 Å². The van der Waals surface area contributed by atoms with E-state index >= 15 is 0 Å². The molecule has 2 aromatic carbocycles. The number of carbonyl (C=O) groups excluding carboxylic acids is 2. The summed E-state index contributed by atoms with van der Waals surface area (Å²) in [6.07, 6.45) is -0.520. The molecule has 162 valence electrons. The van der Waals surface area contributed by atoms with Crippen molar-refractivity contribution in [3.63, 3.8) is 0 Å². The van der Waals surface area contributed by atoms with Gasteiger partial charge >= 0.3 is 5.97 Å². The number of nitrogens with two attached hydrogens (primary N) is 1. The molecule has 2 rings (SSSR count). The fraction of sp³-hybridized carbons (Fsp3) is 0.300. The van der Waals surface area contributed by atoms with Crippen molar-refractivity contribution in [1.29, 1.82) is 0 Å². The summed E-state index contributed by atoms with van der Waals surface area (Å²) in [6.45, 7) is 3.21. The molecule has 2 aromatic rings. The number of sulfonamides is 1. The highest BCUT2D eigenvalue weighted by Crippen LogP contribution is 2.21. The van der Waals surface area contributed by atoms with Crippen LogP contribution in [0.5, 0.6) is 5.75 Å². The van der Waals surface area contributed by atoms with E-state index in [0.717, 1.165) is 11.1 Å². The maximum absolute atomic E-state index is 12.1. The summed E-state index contributed by atoms with van der Waals surface area (Å²) in [7, 11) is -3.74. The normalized spacial score (nSPS) is 12.1. The Morgan fingerprint density at radius 2 is 1.83 bits per heavy atom. The number of esters is 1. The summed E-state index contributed by atoms with van der Waals surface area (Å²) in [5, 5.41) is 8.27. The van der Waals surface area contributed by atoms with Gasteiger partial charge in [-0.1, -0.05) is 23.7 Å². The molecule has 0 spiro atoms. The number of halogens is 1. The molecule has 30 heavy (non-hydrogen) atoms. The zero-order valence-corrected chi connectivity index (χ0v) is 18.1. The molecule has 0 aliphatic heterocycles. The lowest BCUT2D eigenvalue weighted by Crippen LogP contribution is -2.37. The quantitative estimate of drug-likeness (QED) is 0.558. The molecule has 0 fully saturated rings. The Labute approximate surface area is 180 Å². The average Bonchev–Trinajstić information content (AvgIpc) is 2.67. The number of ether oxygens (including phenoxy) is 2. The molecule has 0 radical (unpaired) electrons. The number of aryl methyl sites for hydroxylation is 1. The van der Waals surface area contributed by atoms with Gasteiger partial charge in [-0.2, -0.15) is 0 Å². The van der Waals surface area contributed by atoms with Crippen LogP contribution in [0.2, 0.25) is 5.02 Å². The molecule has 0 bridgehead atoms. The maximum atomic E-state index is 12.1. The van der Waals surface area contributed by atoms with Crippen molar-refractivity contribution in [2.75, 3.05) is 13.2 Å². The molecule has 0 saturated heterocycles. The SMILES string of the molecule is Cc1cc(Cl)ccc1OCC(=O)OC(C)C(=O)NCCc1ccc(S(N)(=O)=O)cc1. The first-order valence-corrected chi connectivity index (χ1v) is 11.0. The smallest absolute Gasteiger partial charge is 0.344 e. The standard InChI is InChI=1S/C20H23ClN2O6S/c1-13-11-16(21)5-8-18(13)28-12-19(24)29-14(2)20(25)23-10-9-15-3-6-17(7-4-15)30(22,26)27/h3-8,11,14H,9-10,12H2,1-2H3,(H,23,25)(H2,22,26,27). The van der Waals surface area contributed by atoms with E-state index in [4.69, 9.17) is 26.2 Å². The molecular weight excluding hydrogens is 432 g/mol. The van der Waals surface area contributed by atoms with Crippen LogP contribution in [0.25, 0.3) is 0 Å². The van der Waals surface area contributed by atoms with Crippen LogP contribution in [0.15, 0.2) is 47.4 Å². The summed E-state index contributed by atoms with van der Waals surface area (Å²) in [4.78, 5) is 24.0. The number of carbonyl (C=O) groups is 2. The Morgan fingerprint density at radius 3 is 2.43 bits per heavy atom. The molecular formula is C20H23ClN2O6S. The van der Waals surface area contributed by atoms with Gasteiger partial charge in [0.2, 0.25) is 10.0 Å². The van der Waals surface area contributed by atoms with Crippen LogP contribution in [-0.2, 0) is 30.8 Å². The summed E-state index contributed by atoms with van der Waals surface area (Å²) >= 11 is 5.87. The number of primary sulfonamides is 1. The highest BCUT2D eigenvalue weighted by Gasteiger charge is 2.18. The molecule has 0 saturated carbocycles. The first-order chi connectivity index (χ1) is 14.1. The Balaban J connectivity index is 1.74. The van der Waals surface area contributed by atoms with Gasteiger partial charge in [0, 0.05) is 11.6 Å². The fourth-order valence-corrected chi connectivity index (χ4v) is 3.26. The van der Waals surface area contributed by atoms with Crippen molar-refractivity contribution in [2.24, 2.45) is 5.14 Å². The summed E-state index contributed by atoms with van der Waals surface area (Å²) in [5.74, 6) is -0.625. The molecule has 1 unspecified atom stereocenters. The minimum absolute atomic E-state index is 0.0202. The van der Waals surface area contributed by atoms with Gasteiger partial charge in [-0.15, -0.1) is 0 Å². The van der Waals surface area contributed by atoms with Crippen LogP contribution in [-0.4, -0.2) is 39.5 Å². The minimum atomic E-state index is -3.74. The van der Waals surface area contributed by atoms with Crippen molar-refractivity contribution in [3.8, 4) is 5.75 Å². The number of hydrogen-bond acceptors (Lipinski definition) is 6. The highest BCUT2D eigenvalue weighted by molar-refractivity contribution is 7.89. The van der Waals surface area contributed by atoms with E-state index in [9.17, 15) is 18.0 Å². The lowest BCUT2D eigenvalue weighted by molar-refractivity contribution is -0.156. The first-order valence-electron chi connectivity index (χ1n) is 9.04. The third kappa shape index (κ3) is 7.33. The van der Waals surface area contributed by atoms with Gasteiger partial charge in [-0.25, -0.2) is 18.4 Å². The predicted molar refractivity (Wildman–Crippen MR) is 112 cm³/mol. The van der Waals surface area contributed by atoms with Gasteiger partial charge in [-0.05, 0) is 61.7 Å². The second kappa shape index (κ2) is 10.4. The lowest BCUT2D eigenvalue weighted by atomic mass is 10.1. The van der Waals surface area contributed by atoms with Gasteiger partial charge < -0.3 is 14.8 Å². The van der Waals surface area contributed by atoms with E-state index in [1.54, 1.807) is 37.3 Å². The largest absolute Gasteiger partial charge is 0.482 e. The van der Waals surface area contributed by atoms with E-state index in [1.165, 1.54) is 19.1 Å². The Kier molecular flexibility index (Phi) is 8.22. The van der Waals surface area contributed by atoms with E-state index < -0.39 is 28.0 Å². The topological polar surface area (TPSA) is 125 Å². The second-order valence-corrected chi connectivity index (χ2v) is 8.56. The van der Waals surface area contributed by atoms with Crippen molar-refractivity contribution >= 4 is 33.5 Å². The molecule has 0 aliphatic carbocycles. The van der Waals surface area contributed by atoms with Crippen LogP contribution in [0.4, 0.5) is 0 Å². The molecule has 8 nitrogen and oxygen atoms in total. The van der Waals surface area contributed by atoms with Gasteiger partial charge in [-0.3, -0.25) is 4.79 Å². The Bertz CT molecular complexity index is 1010. The average molecular weight is 455 g/mol. The summed E-state index contributed by atoms with van der Waals surface area (Å²) in [6, 6.07) is 11.0. The van der Waals surface area contributed by atoms with E-state index in [1.807, 2.05) is 0 Å². The summed E-state index contributed by atoms with van der Waals surface area (Å²) in [5.41, 5.74) is 1.59. The molecule has 0 heterocycles. The van der Waals surface area contributed by atoms with Gasteiger partial charge in [0.05, 0.1) is 4.90 Å². The molecule has 0 aliphatic rings. The Morgan fingerprint density at radius 1 is 1.17 bits per heavy atom. The van der Waals surface area contributed by atoms with Gasteiger partial charge in [0.1, 0.15) is 5.75 Å². The van der Waals surface area contributed by atoms with Crippen LogP contribution in [0.1, 0.15) is 18.1 Å². The first kappa shape index (κ1) is 23.7. The number of benzene rings is 2. The molecule has 1 amide bonds. The Hall–Kier alpha value is -2.62. The predicted octanol–water partition coefficient (Wildman–Crippen LogP) is 1.97. The maximum Gasteiger partial charge on any atom is 0.344 e. The molecule has 3 N–H and O–H groups in total. The summed E-state index contributed by atoms with van der Waals surface area (Å²) < 4.78 is 32.9. The van der Waals surface area contributed by atoms with Crippen LogP contribution in [0.3, 0.4) is 0 Å². The monoisotopic (exact) mass is 454 g/mol. The highest BCUT2D eigenvalue weighted by atomic mass is 35.5. The third-order valence-corrected chi connectivity index (χ3v) is 5.29. The van der Waals surface area contributed by atoms with Crippen molar-refractivity contribution in [1.82, 2.24) is 5.32 Å². The van der Waals surface area contributed by atoms with E-state index in [2.05, 4.69) is 5.32 Å². The van der Waals surface area contributed by atoms with E-state index in [0.29, 0.717) is 17.2 Å². The number of hydrogen-bond donors (Lipinski definition) is 2. The minimum Gasteiger partial charge on any atom is -0.482 e.